The summed E-state index contributed by atoms with van der Waals surface area (Å²) in [5.74, 6) is 0.822. The van der Waals surface area contributed by atoms with Gasteiger partial charge in [0.15, 0.2) is 0 Å². The van der Waals surface area contributed by atoms with E-state index < -0.39 is 0 Å². The van der Waals surface area contributed by atoms with Crippen molar-refractivity contribution in [3.8, 4) is 0 Å². The van der Waals surface area contributed by atoms with E-state index in [1.807, 2.05) is 6.07 Å². The molecule has 1 unspecified atom stereocenters. The van der Waals surface area contributed by atoms with Crippen LogP contribution in [0.25, 0.3) is 10.9 Å². The molecule has 0 bridgehead atoms. The van der Waals surface area contributed by atoms with Gasteiger partial charge in [0, 0.05) is 11.6 Å². The molecule has 1 atom stereocenters. The Balaban J connectivity index is 1.77. The molecule has 1 aliphatic heterocycles. The summed E-state index contributed by atoms with van der Waals surface area (Å²) in [5, 5.41) is 4.74. The van der Waals surface area contributed by atoms with Crippen molar-refractivity contribution in [2.24, 2.45) is 5.92 Å². The molecule has 2 heteroatoms. The molecule has 0 radical (unpaired) electrons. The number of pyridine rings is 1. The Morgan fingerprint density at radius 2 is 2.11 bits per heavy atom. The van der Waals surface area contributed by atoms with E-state index in [0.29, 0.717) is 0 Å². The summed E-state index contributed by atoms with van der Waals surface area (Å²) in [6.45, 7) is 2.36. The Morgan fingerprint density at radius 3 is 3.11 bits per heavy atom. The number of nitrogens with zero attached hydrogens (tertiary/aromatic N) is 1. The van der Waals surface area contributed by atoms with Crippen LogP contribution in [0, 0.1) is 5.92 Å². The number of rotatable bonds is 2. The summed E-state index contributed by atoms with van der Waals surface area (Å²) >= 11 is 0. The van der Waals surface area contributed by atoms with Crippen molar-refractivity contribution >= 4 is 10.9 Å². The molecule has 18 heavy (non-hydrogen) atoms. The lowest BCUT2D eigenvalue weighted by molar-refractivity contribution is 0.470. The molecule has 1 N–H and O–H groups in total. The van der Waals surface area contributed by atoms with E-state index in [1.165, 1.54) is 49.7 Å². The van der Waals surface area contributed by atoms with Crippen LogP contribution in [0.15, 0.2) is 36.5 Å². The number of benzene rings is 1. The molecule has 2 heterocycles. The van der Waals surface area contributed by atoms with E-state index in [0.717, 1.165) is 11.4 Å². The van der Waals surface area contributed by atoms with E-state index >= 15 is 0 Å². The normalized spacial score (nSPS) is 20.8. The van der Waals surface area contributed by atoms with Crippen LogP contribution >= 0.6 is 0 Å². The largest absolute Gasteiger partial charge is 0.317 e. The van der Waals surface area contributed by atoms with Crippen molar-refractivity contribution in [1.29, 1.82) is 0 Å². The number of nitrogens with one attached hydrogen (secondary N) is 1. The summed E-state index contributed by atoms with van der Waals surface area (Å²) in [6, 6.07) is 10.7. The van der Waals surface area contributed by atoms with Crippen molar-refractivity contribution in [3.63, 3.8) is 0 Å². The van der Waals surface area contributed by atoms with Gasteiger partial charge in [-0.25, -0.2) is 0 Å². The molecule has 0 aliphatic carbocycles. The first kappa shape index (κ1) is 11.7. The van der Waals surface area contributed by atoms with Crippen LogP contribution in [-0.2, 0) is 6.42 Å². The lowest BCUT2D eigenvalue weighted by atomic mass is 9.93. The highest BCUT2D eigenvalue weighted by atomic mass is 14.8. The van der Waals surface area contributed by atoms with Gasteiger partial charge < -0.3 is 5.32 Å². The van der Waals surface area contributed by atoms with Crippen LogP contribution in [0.1, 0.15) is 24.8 Å². The molecule has 0 saturated carbocycles. The van der Waals surface area contributed by atoms with Crippen molar-refractivity contribution in [2.45, 2.75) is 25.7 Å². The summed E-state index contributed by atoms with van der Waals surface area (Å²) in [5.41, 5.74) is 2.49. The van der Waals surface area contributed by atoms with Crippen LogP contribution in [-0.4, -0.2) is 18.1 Å². The van der Waals surface area contributed by atoms with E-state index in [2.05, 4.69) is 40.8 Å². The third kappa shape index (κ3) is 2.70. The second-order valence-corrected chi connectivity index (χ2v) is 5.29. The predicted octanol–water partition coefficient (Wildman–Crippen LogP) is 3.17. The van der Waals surface area contributed by atoms with Gasteiger partial charge in [0.2, 0.25) is 0 Å². The first-order valence-corrected chi connectivity index (χ1v) is 6.96. The number of fused-ring (bicyclic) bond motifs is 1. The minimum atomic E-state index is 0.822. The first-order chi connectivity index (χ1) is 8.92. The molecule has 1 saturated heterocycles. The highest BCUT2D eigenvalue weighted by molar-refractivity contribution is 5.78. The lowest BCUT2D eigenvalue weighted by Gasteiger charge is -2.13. The quantitative estimate of drug-likeness (QED) is 0.872. The molecule has 1 aliphatic rings. The maximum absolute atomic E-state index is 4.55. The fourth-order valence-electron chi connectivity index (χ4n) is 2.86. The Kier molecular flexibility index (Phi) is 3.56. The lowest BCUT2D eigenvalue weighted by Crippen LogP contribution is -2.14. The van der Waals surface area contributed by atoms with Crippen LogP contribution in [0.4, 0.5) is 0 Å². The molecule has 0 spiro atoms. The van der Waals surface area contributed by atoms with Crippen molar-refractivity contribution < 1.29 is 0 Å². The molecule has 0 amide bonds. The maximum atomic E-state index is 4.55. The fraction of sp³-hybridized carbons (Fsp3) is 0.438. The molecule has 3 rings (SSSR count). The summed E-state index contributed by atoms with van der Waals surface area (Å²) in [7, 11) is 0. The summed E-state index contributed by atoms with van der Waals surface area (Å²) in [6.07, 6.45) is 7.19. The third-order valence-corrected chi connectivity index (χ3v) is 3.87. The van der Waals surface area contributed by atoms with E-state index in [9.17, 15) is 0 Å². The molecule has 1 fully saturated rings. The second-order valence-electron chi connectivity index (χ2n) is 5.29. The van der Waals surface area contributed by atoms with Gasteiger partial charge in [0.1, 0.15) is 0 Å². The van der Waals surface area contributed by atoms with Gasteiger partial charge >= 0.3 is 0 Å². The Morgan fingerprint density at radius 1 is 1.17 bits per heavy atom. The molecule has 94 valence electrons. The molecule has 2 aromatic rings. The van der Waals surface area contributed by atoms with E-state index in [4.69, 9.17) is 0 Å². The minimum Gasteiger partial charge on any atom is -0.317 e. The minimum absolute atomic E-state index is 0.822. The highest BCUT2D eigenvalue weighted by Crippen LogP contribution is 2.21. The Bertz CT molecular complexity index is 513. The summed E-state index contributed by atoms with van der Waals surface area (Å²) in [4.78, 5) is 4.55. The van der Waals surface area contributed by atoms with Crippen LogP contribution in [0.2, 0.25) is 0 Å². The van der Waals surface area contributed by atoms with Gasteiger partial charge in [0.25, 0.3) is 0 Å². The van der Waals surface area contributed by atoms with Gasteiger partial charge in [0.05, 0.1) is 5.52 Å². The fourth-order valence-corrected chi connectivity index (χ4v) is 2.86. The average Bonchev–Trinajstić information content (AvgIpc) is 2.67. The van der Waals surface area contributed by atoms with Crippen molar-refractivity contribution in [1.82, 2.24) is 10.3 Å². The van der Waals surface area contributed by atoms with Crippen molar-refractivity contribution in [3.05, 3.63) is 42.1 Å². The molecular formula is C16H20N2. The SMILES string of the molecule is c1ccc2ncc(CC3CCCNCC3)cc2c1. The molecule has 1 aromatic carbocycles. The number of aromatic nitrogens is 1. The zero-order chi connectivity index (χ0) is 12.2. The van der Waals surface area contributed by atoms with Gasteiger partial charge in [-0.3, -0.25) is 4.98 Å². The highest BCUT2D eigenvalue weighted by Gasteiger charge is 2.12. The topological polar surface area (TPSA) is 24.9 Å². The first-order valence-electron chi connectivity index (χ1n) is 6.96. The maximum Gasteiger partial charge on any atom is 0.0702 e. The number of hydrogen-bond acceptors (Lipinski definition) is 2. The smallest absolute Gasteiger partial charge is 0.0702 e. The Labute approximate surface area is 108 Å². The van der Waals surface area contributed by atoms with Gasteiger partial charge in [-0.05, 0) is 62.4 Å². The molecule has 2 nitrogen and oxygen atoms in total. The molecule has 1 aromatic heterocycles. The van der Waals surface area contributed by atoms with Gasteiger partial charge in [-0.15, -0.1) is 0 Å². The number of para-hydroxylation sites is 1. The monoisotopic (exact) mass is 240 g/mol. The van der Waals surface area contributed by atoms with E-state index in [-0.39, 0.29) is 0 Å². The van der Waals surface area contributed by atoms with Gasteiger partial charge in [-0.1, -0.05) is 18.2 Å². The zero-order valence-corrected chi connectivity index (χ0v) is 10.7. The third-order valence-electron chi connectivity index (χ3n) is 3.87. The second kappa shape index (κ2) is 5.49. The zero-order valence-electron chi connectivity index (χ0n) is 10.7. The van der Waals surface area contributed by atoms with Crippen LogP contribution in [0.5, 0.6) is 0 Å². The van der Waals surface area contributed by atoms with Gasteiger partial charge in [-0.2, -0.15) is 0 Å². The van der Waals surface area contributed by atoms with Crippen LogP contribution in [0.3, 0.4) is 0 Å². The van der Waals surface area contributed by atoms with Crippen molar-refractivity contribution in [2.75, 3.05) is 13.1 Å². The summed E-state index contributed by atoms with van der Waals surface area (Å²) < 4.78 is 0. The average molecular weight is 240 g/mol. The predicted molar refractivity (Wildman–Crippen MR) is 75.7 cm³/mol. The van der Waals surface area contributed by atoms with E-state index in [1.54, 1.807) is 0 Å². The number of hydrogen-bond donors (Lipinski definition) is 1. The Hall–Kier alpha value is -1.41. The van der Waals surface area contributed by atoms with Crippen LogP contribution < -0.4 is 5.32 Å². The molecular weight excluding hydrogens is 220 g/mol. The standard InChI is InChI=1S/C16H20N2/c1-2-6-16-15(5-1)11-14(12-18-16)10-13-4-3-8-17-9-7-13/h1-2,5-6,11-13,17H,3-4,7-10H2.